The zero-order valence-electron chi connectivity index (χ0n) is 9.01. The minimum Gasteiger partial charge on any atom is -0.298 e. The first kappa shape index (κ1) is 10.0. The Kier molecular flexibility index (Phi) is 3.57. The lowest BCUT2D eigenvalue weighted by Crippen LogP contribution is -2.39. The monoisotopic (exact) mass is 169 g/mol. The zero-order valence-corrected chi connectivity index (χ0v) is 9.01. The van der Waals surface area contributed by atoms with E-state index in [0.717, 1.165) is 18.0 Å². The van der Waals surface area contributed by atoms with Gasteiger partial charge in [0.15, 0.2) is 0 Å². The fourth-order valence-electron chi connectivity index (χ4n) is 2.28. The molecule has 1 saturated heterocycles. The number of hydrogen-bond donors (Lipinski definition) is 0. The largest absolute Gasteiger partial charge is 0.298 e. The second-order valence-electron chi connectivity index (χ2n) is 4.68. The quantitative estimate of drug-likeness (QED) is 0.583. The number of nitrogens with zero attached hydrogens (tertiary/aromatic N) is 1. The van der Waals surface area contributed by atoms with Crippen LogP contribution >= 0.6 is 0 Å². The first-order chi connectivity index (χ1) is 5.61. The van der Waals surface area contributed by atoms with Gasteiger partial charge < -0.3 is 0 Å². The van der Waals surface area contributed by atoms with E-state index in [2.05, 4.69) is 32.6 Å². The predicted octanol–water partition coefficient (Wildman–Crippen LogP) is 2.91. The van der Waals surface area contributed by atoms with Gasteiger partial charge >= 0.3 is 0 Å². The topological polar surface area (TPSA) is 3.24 Å². The van der Waals surface area contributed by atoms with Crippen molar-refractivity contribution in [3.63, 3.8) is 0 Å². The average molecular weight is 169 g/mol. The molecular weight excluding hydrogens is 146 g/mol. The highest BCUT2D eigenvalue weighted by molar-refractivity contribution is 4.76. The molecule has 2 unspecified atom stereocenters. The SMILES string of the molecule is CC1CCCC(C)N(C(C)C)C1. The molecule has 1 aliphatic rings. The van der Waals surface area contributed by atoms with Crippen LogP contribution in [0.3, 0.4) is 0 Å². The average Bonchev–Trinajstić information content (AvgIpc) is 2.13. The Morgan fingerprint density at radius 2 is 1.83 bits per heavy atom. The number of rotatable bonds is 1. The Labute approximate surface area is 77.1 Å². The molecule has 0 aromatic rings. The molecule has 0 spiro atoms. The molecule has 0 aromatic heterocycles. The van der Waals surface area contributed by atoms with Crippen LogP contribution in [0.4, 0.5) is 0 Å². The zero-order chi connectivity index (χ0) is 9.14. The van der Waals surface area contributed by atoms with Gasteiger partial charge in [-0.25, -0.2) is 0 Å². The smallest absolute Gasteiger partial charge is 0.00697 e. The third-order valence-corrected chi connectivity index (χ3v) is 3.07. The molecule has 0 saturated carbocycles. The van der Waals surface area contributed by atoms with Crippen molar-refractivity contribution in [1.29, 1.82) is 0 Å². The molecule has 0 aliphatic carbocycles. The molecule has 0 radical (unpaired) electrons. The lowest BCUT2D eigenvalue weighted by atomic mass is 10.1. The van der Waals surface area contributed by atoms with Crippen molar-refractivity contribution in [2.45, 2.75) is 59.0 Å². The van der Waals surface area contributed by atoms with Crippen molar-refractivity contribution >= 4 is 0 Å². The van der Waals surface area contributed by atoms with Crippen molar-refractivity contribution in [2.24, 2.45) is 5.92 Å². The van der Waals surface area contributed by atoms with Gasteiger partial charge in [0.1, 0.15) is 0 Å². The van der Waals surface area contributed by atoms with Gasteiger partial charge in [0.2, 0.25) is 0 Å². The summed E-state index contributed by atoms with van der Waals surface area (Å²) >= 11 is 0. The van der Waals surface area contributed by atoms with E-state index < -0.39 is 0 Å². The van der Waals surface area contributed by atoms with E-state index in [-0.39, 0.29) is 0 Å². The molecule has 1 heterocycles. The first-order valence-electron chi connectivity index (χ1n) is 5.37. The summed E-state index contributed by atoms with van der Waals surface area (Å²) in [7, 11) is 0. The summed E-state index contributed by atoms with van der Waals surface area (Å²) in [5.41, 5.74) is 0. The molecule has 0 amide bonds. The van der Waals surface area contributed by atoms with E-state index in [0.29, 0.717) is 0 Å². The maximum absolute atomic E-state index is 2.65. The Morgan fingerprint density at radius 1 is 1.17 bits per heavy atom. The van der Waals surface area contributed by atoms with E-state index >= 15 is 0 Å². The van der Waals surface area contributed by atoms with Gasteiger partial charge in [-0.3, -0.25) is 4.90 Å². The van der Waals surface area contributed by atoms with Crippen molar-refractivity contribution in [3.05, 3.63) is 0 Å². The normalized spacial score (nSPS) is 33.8. The third kappa shape index (κ3) is 2.48. The second-order valence-corrected chi connectivity index (χ2v) is 4.68. The molecule has 1 fully saturated rings. The maximum Gasteiger partial charge on any atom is 0.00697 e. The molecule has 12 heavy (non-hydrogen) atoms. The fraction of sp³-hybridized carbons (Fsp3) is 1.00. The van der Waals surface area contributed by atoms with E-state index in [4.69, 9.17) is 0 Å². The molecule has 1 nitrogen and oxygen atoms in total. The van der Waals surface area contributed by atoms with Crippen LogP contribution < -0.4 is 0 Å². The Morgan fingerprint density at radius 3 is 2.42 bits per heavy atom. The van der Waals surface area contributed by atoms with Gasteiger partial charge in [-0.1, -0.05) is 13.3 Å². The molecule has 0 bridgehead atoms. The molecule has 72 valence electrons. The highest BCUT2D eigenvalue weighted by Gasteiger charge is 2.22. The summed E-state index contributed by atoms with van der Waals surface area (Å²) in [6.07, 6.45) is 4.24. The summed E-state index contributed by atoms with van der Waals surface area (Å²) in [5, 5.41) is 0. The Hall–Kier alpha value is -0.0400. The van der Waals surface area contributed by atoms with Crippen LogP contribution in [-0.2, 0) is 0 Å². The Balaban J connectivity index is 2.54. The van der Waals surface area contributed by atoms with Crippen LogP contribution in [0.5, 0.6) is 0 Å². The maximum atomic E-state index is 2.65. The van der Waals surface area contributed by atoms with Gasteiger partial charge in [0.25, 0.3) is 0 Å². The van der Waals surface area contributed by atoms with E-state index in [1.165, 1.54) is 25.8 Å². The van der Waals surface area contributed by atoms with Crippen molar-refractivity contribution < 1.29 is 0 Å². The summed E-state index contributed by atoms with van der Waals surface area (Å²) < 4.78 is 0. The van der Waals surface area contributed by atoms with Crippen molar-refractivity contribution in [1.82, 2.24) is 4.90 Å². The summed E-state index contributed by atoms with van der Waals surface area (Å²) in [4.78, 5) is 2.65. The fourth-order valence-corrected chi connectivity index (χ4v) is 2.28. The summed E-state index contributed by atoms with van der Waals surface area (Å²) in [5.74, 6) is 0.900. The van der Waals surface area contributed by atoms with Crippen LogP contribution in [0.2, 0.25) is 0 Å². The van der Waals surface area contributed by atoms with Crippen molar-refractivity contribution in [3.8, 4) is 0 Å². The third-order valence-electron chi connectivity index (χ3n) is 3.07. The minimum atomic E-state index is 0.723. The van der Waals surface area contributed by atoms with Gasteiger partial charge in [-0.2, -0.15) is 0 Å². The molecule has 2 atom stereocenters. The standard InChI is InChI=1S/C11H23N/c1-9(2)12-8-10(3)6-5-7-11(12)4/h9-11H,5-8H2,1-4H3. The number of likely N-dealkylation sites (tertiary alicyclic amines) is 1. The summed E-state index contributed by atoms with van der Waals surface area (Å²) in [6.45, 7) is 10.7. The molecule has 0 aromatic carbocycles. The van der Waals surface area contributed by atoms with Gasteiger partial charge in [0.05, 0.1) is 0 Å². The Bertz CT molecular complexity index is 131. The van der Waals surface area contributed by atoms with Crippen LogP contribution in [-0.4, -0.2) is 23.5 Å². The minimum absolute atomic E-state index is 0.723. The van der Waals surface area contributed by atoms with Gasteiger partial charge in [-0.05, 0) is 39.5 Å². The lowest BCUT2D eigenvalue weighted by molar-refractivity contribution is 0.152. The number of hydrogen-bond acceptors (Lipinski definition) is 1. The van der Waals surface area contributed by atoms with Crippen LogP contribution in [0.25, 0.3) is 0 Å². The molecule has 1 aliphatic heterocycles. The highest BCUT2D eigenvalue weighted by Crippen LogP contribution is 2.22. The molecule has 0 N–H and O–H groups in total. The van der Waals surface area contributed by atoms with E-state index in [1.54, 1.807) is 0 Å². The van der Waals surface area contributed by atoms with E-state index in [9.17, 15) is 0 Å². The second kappa shape index (κ2) is 4.27. The highest BCUT2D eigenvalue weighted by atomic mass is 15.2. The van der Waals surface area contributed by atoms with Crippen LogP contribution in [0, 0.1) is 5.92 Å². The van der Waals surface area contributed by atoms with Gasteiger partial charge in [0, 0.05) is 18.6 Å². The van der Waals surface area contributed by atoms with Crippen LogP contribution in [0.15, 0.2) is 0 Å². The molecule has 1 heteroatoms. The first-order valence-corrected chi connectivity index (χ1v) is 5.37. The predicted molar refractivity (Wildman–Crippen MR) is 54.3 cm³/mol. The molecule has 1 rings (SSSR count). The van der Waals surface area contributed by atoms with E-state index in [1.807, 2.05) is 0 Å². The van der Waals surface area contributed by atoms with Gasteiger partial charge in [-0.15, -0.1) is 0 Å². The molecular formula is C11H23N. The summed E-state index contributed by atoms with van der Waals surface area (Å²) in [6, 6.07) is 1.52. The lowest BCUT2D eigenvalue weighted by Gasteiger charge is -2.32. The van der Waals surface area contributed by atoms with Crippen molar-refractivity contribution in [2.75, 3.05) is 6.54 Å². The van der Waals surface area contributed by atoms with Crippen LogP contribution in [0.1, 0.15) is 47.0 Å².